The molecule has 3 aromatic carbocycles. The third kappa shape index (κ3) is 2.93. The molecular weight excluding hydrogens is 320 g/mol. The highest BCUT2D eigenvalue weighted by Gasteiger charge is 2.17. The predicted molar refractivity (Wildman–Crippen MR) is 105 cm³/mol. The van der Waals surface area contributed by atoms with Crippen molar-refractivity contribution >= 4 is 16.8 Å². The lowest BCUT2D eigenvalue weighted by molar-refractivity contribution is 0.0974. The van der Waals surface area contributed by atoms with Gasteiger partial charge in [0.1, 0.15) is 5.82 Å². The number of aromatic nitrogens is 2. The average Bonchev–Trinajstić information content (AvgIpc) is 3.01. The van der Waals surface area contributed by atoms with Crippen molar-refractivity contribution in [1.82, 2.24) is 9.55 Å². The van der Waals surface area contributed by atoms with Crippen molar-refractivity contribution < 1.29 is 4.79 Å². The second-order valence-corrected chi connectivity index (χ2v) is 6.62. The molecule has 0 saturated carbocycles. The molecular formula is C23H20N2O. The molecule has 0 spiro atoms. The van der Waals surface area contributed by atoms with E-state index in [-0.39, 0.29) is 12.3 Å². The number of carbonyl (C=O) groups excluding carboxylic acids is 1. The van der Waals surface area contributed by atoms with Gasteiger partial charge in [-0.1, -0.05) is 66.2 Å². The van der Waals surface area contributed by atoms with E-state index in [4.69, 9.17) is 4.98 Å². The fourth-order valence-electron chi connectivity index (χ4n) is 3.36. The summed E-state index contributed by atoms with van der Waals surface area (Å²) in [5.74, 6) is 0.924. The third-order valence-corrected chi connectivity index (χ3v) is 4.67. The first-order chi connectivity index (χ1) is 12.6. The molecule has 0 atom stereocenters. The van der Waals surface area contributed by atoms with Crippen molar-refractivity contribution in [1.29, 1.82) is 0 Å². The molecule has 0 amide bonds. The maximum Gasteiger partial charge on any atom is 0.182 e. The Labute approximate surface area is 152 Å². The smallest absolute Gasteiger partial charge is 0.182 e. The van der Waals surface area contributed by atoms with Crippen LogP contribution in [0, 0.1) is 13.8 Å². The summed E-state index contributed by atoms with van der Waals surface area (Å²) in [5.41, 5.74) is 6.04. The molecule has 0 bridgehead atoms. The van der Waals surface area contributed by atoms with E-state index >= 15 is 0 Å². The van der Waals surface area contributed by atoms with Gasteiger partial charge in [0.15, 0.2) is 5.78 Å². The second-order valence-electron chi connectivity index (χ2n) is 6.62. The zero-order chi connectivity index (χ0) is 18.1. The number of aryl methyl sites for hydroxylation is 2. The first-order valence-electron chi connectivity index (χ1n) is 8.74. The summed E-state index contributed by atoms with van der Waals surface area (Å²) in [4.78, 5) is 17.7. The van der Waals surface area contributed by atoms with Crippen LogP contribution in [-0.2, 0) is 6.54 Å². The Bertz CT molecular complexity index is 1090. The number of benzene rings is 3. The largest absolute Gasteiger partial charge is 0.316 e. The van der Waals surface area contributed by atoms with E-state index in [1.165, 1.54) is 5.56 Å². The molecule has 0 fully saturated rings. The van der Waals surface area contributed by atoms with Gasteiger partial charge < -0.3 is 4.57 Å². The van der Waals surface area contributed by atoms with Gasteiger partial charge in [-0.05, 0) is 31.5 Å². The Hall–Kier alpha value is -3.20. The highest BCUT2D eigenvalue weighted by atomic mass is 16.1. The van der Waals surface area contributed by atoms with Crippen molar-refractivity contribution in [3.05, 3.63) is 89.5 Å². The lowest BCUT2D eigenvalue weighted by Crippen LogP contribution is -2.12. The van der Waals surface area contributed by atoms with Crippen molar-refractivity contribution in [3.63, 3.8) is 0 Å². The van der Waals surface area contributed by atoms with E-state index in [9.17, 15) is 4.79 Å². The molecule has 0 radical (unpaired) electrons. The van der Waals surface area contributed by atoms with Gasteiger partial charge >= 0.3 is 0 Å². The van der Waals surface area contributed by atoms with Crippen LogP contribution in [0.25, 0.3) is 22.4 Å². The summed E-state index contributed by atoms with van der Waals surface area (Å²) in [6, 6.07) is 23.7. The number of Topliss-reactive ketones (excluding diaryl/α,β-unsaturated/α-hetero) is 1. The van der Waals surface area contributed by atoms with Crippen LogP contribution < -0.4 is 0 Å². The maximum absolute atomic E-state index is 12.8. The molecule has 0 N–H and O–H groups in total. The monoisotopic (exact) mass is 340 g/mol. The fourth-order valence-corrected chi connectivity index (χ4v) is 3.36. The van der Waals surface area contributed by atoms with Gasteiger partial charge in [0.05, 0.1) is 17.6 Å². The van der Waals surface area contributed by atoms with Crippen LogP contribution in [0.3, 0.4) is 0 Å². The van der Waals surface area contributed by atoms with Crippen LogP contribution in [0.15, 0.2) is 72.8 Å². The number of nitrogens with zero attached hydrogens (tertiary/aromatic N) is 2. The first kappa shape index (κ1) is 16.3. The molecule has 1 aromatic heterocycles. The van der Waals surface area contributed by atoms with Gasteiger partial charge in [-0.2, -0.15) is 0 Å². The van der Waals surface area contributed by atoms with Gasteiger partial charge in [-0.15, -0.1) is 0 Å². The van der Waals surface area contributed by atoms with Gasteiger partial charge in [-0.3, -0.25) is 4.79 Å². The summed E-state index contributed by atoms with van der Waals surface area (Å²) < 4.78 is 2.03. The summed E-state index contributed by atoms with van der Waals surface area (Å²) in [6.07, 6.45) is 0. The van der Waals surface area contributed by atoms with E-state index in [0.29, 0.717) is 0 Å². The maximum atomic E-state index is 12.8. The Morgan fingerprint density at radius 3 is 2.42 bits per heavy atom. The lowest BCUT2D eigenvalue weighted by atomic mass is 10.0. The van der Waals surface area contributed by atoms with E-state index in [1.807, 2.05) is 59.2 Å². The third-order valence-electron chi connectivity index (χ3n) is 4.67. The minimum absolute atomic E-state index is 0.0831. The van der Waals surface area contributed by atoms with E-state index in [1.54, 1.807) is 0 Å². The van der Waals surface area contributed by atoms with Crippen LogP contribution in [0.4, 0.5) is 0 Å². The topological polar surface area (TPSA) is 34.9 Å². The van der Waals surface area contributed by atoms with Crippen molar-refractivity contribution in [3.8, 4) is 11.4 Å². The minimum atomic E-state index is 0.0831. The summed E-state index contributed by atoms with van der Waals surface area (Å²) >= 11 is 0. The Balaban J connectivity index is 1.86. The van der Waals surface area contributed by atoms with Crippen molar-refractivity contribution in [2.24, 2.45) is 0 Å². The van der Waals surface area contributed by atoms with E-state index < -0.39 is 0 Å². The summed E-state index contributed by atoms with van der Waals surface area (Å²) in [7, 11) is 0. The van der Waals surface area contributed by atoms with Crippen LogP contribution in [0.1, 0.15) is 21.5 Å². The summed E-state index contributed by atoms with van der Waals surface area (Å²) in [5, 5.41) is 0. The molecule has 0 unspecified atom stereocenters. The highest BCUT2D eigenvalue weighted by Crippen LogP contribution is 2.28. The molecule has 0 saturated heterocycles. The Kier molecular flexibility index (Phi) is 4.13. The van der Waals surface area contributed by atoms with Gasteiger partial charge in [0.25, 0.3) is 0 Å². The standard InChI is InChI=1S/C23H20N2O/c1-16-12-13-19(17(2)14-16)23-24-20-10-6-7-11-21(20)25(23)15-22(26)18-8-4-3-5-9-18/h3-14H,15H2,1-2H3. The average molecular weight is 340 g/mol. The van der Waals surface area contributed by atoms with Crippen molar-refractivity contribution in [2.75, 3.05) is 0 Å². The van der Waals surface area contributed by atoms with E-state index in [2.05, 4.69) is 32.0 Å². The molecule has 3 nitrogen and oxygen atoms in total. The number of imidazole rings is 1. The van der Waals surface area contributed by atoms with Gasteiger partial charge in [-0.25, -0.2) is 4.98 Å². The second kappa shape index (κ2) is 6.60. The molecule has 3 heteroatoms. The van der Waals surface area contributed by atoms with Crippen LogP contribution in [0.5, 0.6) is 0 Å². The molecule has 4 aromatic rings. The number of ketones is 1. The normalized spacial score (nSPS) is 11.0. The zero-order valence-electron chi connectivity index (χ0n) is 14.9. The predicted octanol–water partition coefficient (Wildman–Crippen LogP) is 5.20. The molecule has 0 aliphatic carbocycles. The summed E-state index contributed by atoms with van der Waals surface area (Å²) in [6.45, 7) is 4.44. The number of carbonyl (C=O) groups is 1. The SMILES string of the molecule is Cc1ccc(-c2nc3ccccc3n2CC(=O)c2ccccc2)c(C)c1. The van der Waals surface area contributed by atoms with E-state index in [0.717, 1.165) is 33.5 Å². The molecule has 1 heterocycles. The van der Waals surface area contributed by atoms with Crippen LogP contribution in [0.2, 0.25) is 0 Å². The van der Waals surface area contributed by atoms with Crippen LogP contribution >= 0.6 is 0 Å². The molecule has 26 heavy (non-hydrogen) atoms. The minimum Gasteiger partial charge on any atom is -0.316 e. The zero-order valence-corrected chi connectivity index (χ0v) is 14.9. The Morgan fingerprint density at radius 1 is 0.923 bits per heavy atom. The first-order valence-corrected chi connectivity index (χ1v) is 8.74. The van der Waals surface area contributed by atoms with Crippen LogP contribution in [-0.4, -0.2) is 15.3 Å². The van der Waals surface area contributed by atoms with Gasteiger partial charge in [0, 0.05) is 11.1 Å². The lowest BCUT2D eigenvalue weighted by Gasteiger charge is -2.11. The number of fused-ring (bicyclic) bond motifs is 1. The number of para-hydroxylation sites is 2. The molecule has 0 aliphatic rings. The highest BCUT2D eigenvalue weighted by molar-refractivity contribution is 5.97. The number of hydrogen-bond donors (Lipinski definition) is 0. The Morgan fingerprint density at radius 2 is 1.65 bits per heavy atom. The molecule has 4 rings (SSSR count). The van der Waals surface area contributed by atoms with Gasteiger partial charge in [0.2, 0.25) is 0 Å². The van der Waals surface area contributed by atoms with Crippen molar-refractivity contribution in [2.45, 2.75) is 20.4 Å². The number of rotatable bonds is 4. The fraction of sp³-hybridized carbons (Fsp3) is 0.130. The number of hydrogen-bond acceptors (Lipinski definition) is 2. The molecule has 0 aliphatic heterocycles. The quantitative estimate of drug-likeness (QED) is 0.478. The molecule has 128 valence electrons.